The number of hydrogen-bond donors (Lipinski definition) is 2. The average molecular weight is 420 g/mol. The number of carbonyl (C=O) groups is 1. The Kier molecular flexibility index (Phi) is 7.98. The van der Waals surface area contributed by atoms with Crippen LogP contribution in [0.25, 0.3) is 0 Å². The van der Waals surface area contributed by atoms with E-state index in [1.807, 2.05) is 30.3 Å². The molecular weight excluding hydrogens is 390 g/mol. The Hall–Kier alpha value is -3.41. The first-order valence-corrected chi connectivity index (χ1v) is 10.6. The lowest BCUT2D eigenvalue weighted by atomic mass is 10.0. The van der Waals surface area contributed by atoms with Crippen LogP contribution in [0.2, 0.25) is 0 Å². The van der Waals surface area contributed by atoms with Crippen LogP contribution in [-0.4, -0.2) is 34.2 Å². The molecule has 2 N–H and O–H groups in total. The number of nitrogens with one attached hydrogen (secondary N) is 1. The molecule has 1 aromatic heterocycles. The fraction of sp³-hybridized carbons (Fsp3) is 0.320. The van der Waals surface area contributed by atoms with Gasteiger partial charge in [0.15, 0.2) is 0 Å². The molecule has 2 aromatic carbocycles. The molecule has 1 heterocycles. The summed E-state index contributed by atoms with van der Waals surface area (Å²) in [7, 11) is 0. The lowest BCUT2D eigenvalue weighted by Gasteiger charge is -2.11. The maximum absolute atomic E-state index is 11.5. The summed E-state index contributed by atoms with van der Waals surface area (Å²) in [6, 6.07) is 18.2. The molecule has 0 unspecified atom stereocenters. The molecule has 0 saturated heterocycles. The lowest BCUT2D eigenvalue weighted by Crippen LogP contribution is -2.15. The predicted molar refractivity (Wildman–Crippen MR) is 122 cm³/mol. The third kappa shape index (κ3) is 6.81. The molecule has 6 heteroatoms. The quantitative estimate of drug-likeness (QED) is 0.427. The first-order chi connectivity index (χ1) is 15.0. The highest BCUT2D eigenvalue weighted by Crippen LogP contribution is 2.18. The normalized spacial score (nSPS) is 10.8. The number of carboxylic acid groups (broad SMARTS) is 1. The maximum Gasteiger partial charge on any atom is 0.339 e. The van der Waals surface area contributed by atoms with Crippen molar-refractivity contribution < 1.29 is 14.6 Å². The molecule has 3 aromatic rings. The number of ether oxygens (including phenoxy) is 1. The molecule has 0 spiro atoms. The van der Waals surface area contributed by atoms with Gasteiger partial charge in [-0.05, 0) is 48.4 Å². The summed E-state index contributed by atoms with van der Waals surface area (Å²) in [5, 5.41) is 12.6. The third-order valence-corrected chi connectivity index (χ3v) is 5.02. The van der Waals surface area contributed by atoms with Gasteiger partial charge in [-0.1, -0.05) is 56.3 Å². The Morgan fingerprint density at radius 3 is 2.48 bits per heavy atom. The molecule has 0 saturated carbocycles. The Bertz CT molecular complexity index is 973. The number of aryl methyl sites for hydroxylation is 2. The van der Waals surface area contributed by atoms with E-state index in [4.69, 9.17) is 4.74 Å². The second-order valence-corrected chi connectivity index (χ2v) is 7.70. The zero-order valence-electron chi connectivity index (χ0n) is 18.0. The third-order valence-electron chi connectivity index (χ3n) is 5.02. The van der Waals surface area contributed by atoms with E-state index in [1.165, 1.54) is 17.3 Å². The molecule has 0 aliphatic rings. The average Bonchev–Trinajstić information content (AvgIpc) is 2.78. The summed E-state index contributed by atoms with van der Waals surface area (Å²) in [4.78, 5) is 20.1. The molecule has 0 atom stereocenters. The molecule has 0 amide bonds. The van der Waals surface area contributed by atoms with Crippen LogP contribution >= 0.6 is 0 Å². The minimum absolute atomic E-state index is 0.153. The van der Waals surface area contributed by atoms with Crippen LogP contribution < -0.4 is 10.1 Å². The van der Waals surface area contributed by atoms with E-state index in [0.717, 1.165) is 18.6 Å². The molecule has 6 nitrogen and oxygen atoms in total. The number of hydrogen-bond acceptors (Lipinski definition) is 5. The minimum atomic E-state index is -1.01. The number of nitrogens with zero attached hydrogens (tertiary/aromatic N) is 2. The van der Waals surface area contributed by atoms with Crippen LogP contribution in [-0.2, 0) is 12.8 Å². The highest BCUT2D eigenvalue weighted by molar-refractivity contribution is 5.88. The van der Waals surface area contributed by atoms with Gasteiger partial charge in [0, 0.05) is 6.20 Å². The molecule has 162 valence electrons. The van der Waals surface area contributed by atoms with Crippen LogP contribution in [0.5, 0.6) is 5.75 Å². The summed E-state index contributed by atoms with van der Waals surface area (Å²) in [6.07, 6.45) is 3.64. The van der Waals surface area contributed by atoms with Gasteiger partial charge in [0.1, 0.15) is 12.4 Å². The van der Waals surface area contributed by atoms with E-state index in [0.29, 0.717) is 37.1 Å². The Labute approximate surface area is 183 Å². The van der Waals surface area contributed by atoms with Crippen LogP contribution in [0.4, 0.5) is 5.95 Å². The number of rotatable bonds is 11. The Morgan fingerprint density at radius 2 is 1.81 bits per heavy atom. The van der Waals surface area contributed by atoms with E-state index in [9.17, 15) is 9.90 Å². The number of carboxylic acids is 1. The van der Waals surface area contributed by atoms with Crippen molar-refractivity contribution in [3.8, 4) is 5.75 Å². The number of aromatic nitrogens is 2. The van der Waals surface area contributed by atoms with Crippen LogP contribution in [0, 0.1) is 0 Å². The van der Waals surface area contributed by atoms with E-state index in [-0.39, 0.29) is 5.56 Å². The zero-order chi connectivity index (χ0) is 22.1. The van der Waals surface area contributed by atoms with Gasteiger partial charge in [-0.3, -0.25) is 0 Å². The molecule has 3 rings (SSSR count). The van der Waals surface area contributed by atoms with Gasteiger partial charge in [0.2, 0.25) is 5.95 Å². The van der Waals surface area contributed by atoms with Crippen molar-refractivity contribution in [2.45, 2.75) is 39.0 Å². The second-order valence-electron chi connectivity index (χ2n) is 7.70. The van der Waals surface area contributed by atoms with Crippen molar-refractivity contribution in [1.29, 1.82) is 0 Å². The summed E-state index contributed by atoms with van der Waals surface area (Å²) >= 11 is 0. The van der Waals surface area contributed by atoms with Gasteiger partial charge in [-0.15, -0.1) is 0 Å². The highest BCUT2D eigenvalue weighted by atomic mass is 16.5. The van der Waals surface area contributed by atoms with Gasteiger partial charge in [0.25, 0.3) is 0 Å². The summed E-state index contributed by atoms with van der Waals surface area (Å²) in [5.74, 6) is 0.714. The fourth-order valence-corrected chi connectivity index (χ4v) is 3.26. The molecule has 0 bridgehead atoms. The molecule has 31 heavy (non-hydrogen) atoms. The van der Waals surface area contributed by atoms with Crippen molar-refractivity contribution in [2.75, 3.05) is 18.5 Å². The topological polar surface area (TPSA) is 84.3 Å². The summed E-state index contributed by atoms with van der Waals surface area (Å²) in [6.45, 7) is 5.28. The molecule has 0 aliphatic heterocycles. The molecular formula is C25H29N3O3. The SMILES string of the molecule is CC(C)c1ccc(OCCNc2ncc(C(=O)O)c(CCCc3ccccc3)n2)cc1. The molecule has 0 fully saturated rings. The zero-order valence-corrected chi connectivity index (χ0v) is 18.0. The van der Waals surface area contributed by atoms with Crippen molar-refractivity contribution in [1.82, 2.24) is 9.97 Å². The predicted octanol–water partition coefficient (Wildman–Crippen LogP) is 4.96. The smallest absolute Gasteiger partial charge is 0.339 e. The van der Waals surface area contributed by atoms with E-state index in [2.05, 4.69) is 53.4 Å². The monoisotopic (exact) mass is 419 g/mol. The van der Waals surface area contributed by atoms with Gasteiger partial charge in [-0.25, -0.2) is 14.8 Å². The van der Waals surface area contributed by atoms with Crippen LogP contribution in [0.1, 0.15) is 53.4 Å². The van der Waals surface area contributed by atoms with Crippen LogP contribution in [0.3, 0.4) is 0 Å². The van der Waals surface area contributed by atoms with E-state index < -0.39 is 5.97 Å². The first-order valence-electron chi connectivity index (χ1n) is 10.6. The van der Waals surface area contributed by atoms with Crippen molar-refractivity contribution in [2.24, 2.45) is 0 Å². The number of aromatic carboxylic acids is 1. The summed E-state index contributed by atoms with van der Waals surface area (Å²) in [5.41, 5.74) is 3.20. The highest BCUT2D eigenvalue weighted by Gasteiger charge is 2.13. The van der Waals surface area contributed by atoms with Crippen LogP contribution in [0.15, 0.2) is 60.8 Å². The number of anilines is 1. The number of benzene rings is 2. The van der Waals surface area contributed by atoms with Crippen molar-refractivity contribution >= 4 is 11.9 Å². The summed E-state index contributed by atoms with van der Waals surface area (Å²) < 4.78 is 5.76. The standard InChI is InChI=1S/C25H29N3O3/c1-18(2)20-11-13-21(14-12-20)31-16-15-26-25-27-17-22(24(29)30)23(28-25)10-6-9-19-7-4-3-5-8-19/h3-5,7-8,11-14,17-18H,6,9-10,15-16H2,1-2H3,(H,29,30)(H,26,27,28). The van der Waals surface area contributed by atoms with Crippen molar-refractivity contribution in [3.05, 3.63) is 83.2 Å². The second kappa shape index (κ2) is 11.1. The van der Waals surface area contributed by atoms with Gasteiger partial charge < -0.3 is 15.2 Å². The lowest BCUT2D eigenvalue weighted by molar-refractivity contribution is 0.0694. The molecule has 0 aliphatic carbocycles. The van der Waals surface area contributed by atoms with E-state index in [1.54, 1.807) is 0 Å². The first kappa shape index (κ1) is 22.3. The fourth-order valence-electron chi connectivity index (χ4n) is 3.26. The van der Waals surface area contributed by atoms with E-state index >= 15 is 0 Å². The van der Waals surface area contributed by atoms with Gasteiger partial charge in [0.05, 0.1) is 17.8 Å². The molecule has 0 radical (unpaired) electrons. The Morgan fingerprint density at radius 1 is 1.06 bits per heavy atom. The largest absolute Gasteiger partial charge is 0.492 e. The minimum Gasteiger partial charge on any atom is -0.492 e. The van der Waals surface area contributed by atoms with Gasteiger partial charge >= 0.3 is 5.97 Å². The Balaban J connectivity index is 1.52. The van der Waals surface area contributed by atoms with Gasteiger partial charge in [-0.2, -0.15) is 0 Å². The van der Waals surface area contributed by atoms with Crippen molar-refractivity contribution in [3.63, 3.8) is 0 Å². The maximum atomic E-state index is 11.5.